The standard InChI is InChI=1S/C16H23NO2/c1-12(4-3-9-18)17-16(19)11-13-7-8-14-5-2-6-15(14)10-13/h7-8,10,12,18H,2-6,9,11H2,1H3,(H,17,19). The third-order valence-electron chi connectivity index (χ3n) is 3.73. The first kappa shape index (κ1) is 14.1. The molecule has 0 aromatic heterocycles. The molecule has 3 nitrogen and oxygen atoms in total. The van der Waals surface area contributed by atoms with Crippen LogP contribution in [0.15, 0.2) is 18.2 Å². The molecule has 2 rings (SSSR count). The number of amides is 1. The van der Waals surface area contributed by atoms with Crippen molar-refractivity contribution in [1.82, 2.24) is 5.32 Å². The van der Waals surface area contributed by atoms with Gasteiger partial charge < -0.3 is 10.4 Å². The van der Waals surface area contributed by atoms with Crippen LogP contribution < -0.4 is 5.32 Å². The van der Waals surface area contributed by atoms with E-state index in [1.807, 2.05) is 6.92 Å². The number of hydrogen-bond acceptors (Lipinski definition) is 2. The van der Waals surface area contributed by atoms with E-state index in [1.54, 1.807) is 0 Å². The van der Waals surface area contributed by atoms with Gasteiger partial charge in [-0.25, -0.2) is 0 Å². The summed E-state index contributed by atoms with van der Waals surface area (Å²) in [4.78, 5) is 11.9. The lowest BCUT2D eigenvalue weighted by molar-refractivity contribution is -0.121. The third-order valence-corrected chi connectivity index (χ3v) is 3.73. The molecule has 2 N–H and O–H groups in total. The minimum absolute atomic E-state index is 0.0726. The van der Waals surface area contributed by atoms with Crippen molar-refractivity contribution in [2.45, 2.75) is 51.5 Å². The second-order valence-corrected chi connectivity index (χ2v) is 5.47. The van der Waals surface area contributed by atoms with E-state index in [2.05, 4.69) is 23.5 Å². The van der Waals surface area contributed by atoms with E-state index in [0.717, 1.165) is 24.8 Å². The number of aliphatic hydroxyl groups is 1. The molecule has 1 atom stereocenters. The Labute approximate surface area is 115 Å². The quantitative estimate of drug-likeness (QED) is 0.823. The summed E-state index contributed by atoms with van der Waals surface area (Å²) in [5.74, 6) is 0.0726. The van der Waals surface area contributed by atoms with Gasteiger partial charge in [-0.15, -0.1) is 0 Å². The van der Waals surface area contributed by atoms with Gasteiger partial charge in [0.25, 0.3) is 0 Å². The summed E-state index contributed by atoms with van der Waals surface area (Å²) in [6, 6.07) is 6.55. The molecule has 1 amide bonds. The van der Waals surface area contributed by atoms with Crippen LogP contribution in [0.2, 0.25) is 0 Å². The van der Waals surface area contributed by atoms with Crippen molar-refractivity contribution >= 4 is 5.91 Å². The fraction of sp³-hybridized carbons (Fsp3) is 0.562. The highest BCUT2D eigenvalue weighted by molar-refractivity contribution is 5.78. The molecule has 1 aliphatic rings. The third kappa shape index (κ3) is 4.06. The van der Waals surface area contributed by atoms with E-state index < -0.39 is 0 Å². The Kier molecular flexibility index (Phi) is 4.97. The molecule has 0 bridgehead atoms. The molecule has 0 heterocycles. The molecule has 1 aromatic carbocycles. The van der Waals surface area contributed by atoms with Gasteiger partial charge >= 0.3 is 0 Å². The Bertz CT molecular complexity index is 442. The molecule has 0 saturated heterocycles. The zero-order chi connectivity index (χ0) is 13.7. The van der Waals surface area contributed by atoms with Crippen LogP contribution in [-0.4, -0.2) is 23.7 Å². The second-order valence-electron chi connectivity index (χ2n) is 5.47. The van der Waals surface area contributed by atoms with Gasteiger partial charge in [0.2, 0.25) is 5.91 Å². The van der Waals surface area contributed by atoms with Crippen LogP contribution in [0.1, 0.15) is 42.9 Å². The molecular weight excluding hydrogens is 238 g/mol. The van der Waals surface area contributed by atoms with Crippen LogP contribution in [0.4, 0.5) is 0 Å². The number of carbonyl (C=O) groups is 1. The summed E-state index contributed by atoms with van der Waals surface area (Å²) in [6.45, 7) is 2.17. The molecule has 1 aliphatic carbocycles. The van der Waals surface area contributed by atoms with E-state index in [-0.39, 0.29) is 18.6 Å². The number of hydrogen-bond donors (Lipinski definition) is 2. The van der Waals surface area contributed by atoms with Crippen molar-refractivity contribution in [1.29, 1.82) is 0 Å². The Hall–Kier alpha value is -1.35. The Morgan fingerprint density at radius 2 is 2.16 bits per heavy atom. The fourth-order valence-electron chi connectivity index (χ4n) is 2.72. The van der Waals surface area contributed by atoms with Crippen LogP contribution in [0.3, 0.4) is 0 Å². The molecule has 19 heavy (non-hydrogen) atoms. The largest absolute Gasteiger partial charge is 0.396 e. The molecule has 104 valence electrons. The topological polar surface area (TPSA) is 49.3 Å². The van der Waals surface area contributed by atoms with Crippen molar-refractivity contribution in [3.05, 3.63) is 34.9 Å². The maximum atomic E-state index is 11.9. The van der Waals surface area contributed by atoms with Crippen LogP contribution in [0, 0.1) is 0 Å². The summed E-state index contributed by atoms with van der Waals surface area (Å²) in [6.07, 6.45) is 5.59. The Balaban J connectivity index is 1.85. The highest BCUT2D eigenvalue weighted by atomic mass is 16.2. The van der Waals surface area contributed by atoms with E-state index in [0.29, 0.717) is 6.42 Å². The van der Waals surface area contributed by atoms with Gasteiger partial charge in [0.05, 0.1) is 6.42 Å². The average Bonchev–Trinajstić information content (AvgIpc) is 2.83. The van der Waals surface area contributed by atoms with E-state index >= 15 is 0 Å². The number of rotatable bonds is 6. The van der Waals surface area contributed by atoms with Gasteiger partial charge in [-0.1, -0.05) is 18.2 Å². The molecule has 0 fully saturated rings. The van der Waals surface area contributed by atoms with Crippen LogP contribution in [0.25, 0.3) is 0 Å². The number of benzene rings is 1. The van der Waals surface area contributed by atoms with Crippen molar-refractivity contribution in [3.8, 4) is 0 Å². The average molecular weight is 261 g/mol. The number of carbonyl (C=O) groups excluding carboxylic acids is 1. The summed E-state index contributed by atoms with van der Waals surface area (Å²) in [5, 5.41) is 11.7. The molecular formula is C16H23NO2. The SMILES string of the molecule is CC(CCCO)NC(=O)Cc1ccc2c(c1)CCC2. The Morgan fingerprint density at radius 3 is 2.95 bits per heavy atom. The fourth-order valence-corrected chi connectivity index (χ4v) is 2.72. The highest BCUT2D eigenvalue weighted by Gasteiger charge is 2.13. The summed E-state index contributed by atoms with van der Waals surface area (Å²) in [7, 11) is 0. The first-order chi connectivity index (χ1) is 9.19. The van der Waals surface area contributed by atoms with E-state index in [1.165, 1.54) is 24.0 Å². The minimum atomic E-state index is 0.0726. The summed E-state index contributed by atoms with van der Waals surface area (Å²) >= 11 is 0. The minimum Gasteiger partial charge on any atom is -0.396 e. The predicted molar refractivity (Wildman–Crippen MR) is 76.1 cm³/mol. The molecule has 0 saturated carbocycles. The van der Waals surface area contributed by atoms with Crippen molar-refractivity contribution in [3.63, 3.8) is 0 Å². The molecule has 1 unspecified atom stereocenters. The van der Waals surface area contributed by atoms with Crippen molar-refractivity contribution < 1.29 is 9.90 Å². The summed E-state index contributed by atoms with van der Waals surface area (Å²) < 4.78 is 0. The number of nitrogens with one attached hydrogen (secondary N) is 1. The zero-order valence-corrected chi connectivity index (χ0v) is 11.6. The predicted octanol–water partition coefficient (Wildman–Crippen LogP) is 2.00. The van der Waals surface area contributed by atoms with Crippen molar-refractivity contribution in [2.24, 2.45) is 0 Å². The molecule has 0 aliphatic heterocycles. The maximum Gasteiger partial charge on any atom is 0.224 e. The lowest BCUT2D eigenvalue weighted by atomic mass is 10.0. The van der Waals surface area contributed by atoms with Gasteiger partial charge in [0, 0.05) is 12.6 Å². The van der Waals surface area contributed by atoms with Gasteiger partial charge in [-0.2, -0.15) is 0 Å². The van der Waals surface area contributed by atoms with Crippen molar-refractivity contribution in [2.75, 3.05) is 6.61 Å². The van der Waals surface area contributed by atoms with E-state index in [9.17, 15) is 4.79 Å². The smallest absolute Gasteiger partial charge is 0.224 e. The normalized spacial score (nSPS) is 15.1. The lowest BCUT2D eigenvalue weighted by Gasteiger charge is -2.13. The van der Waals surface area contributed by atoms with Gasteiger partial charge in [0.1, 0.15) is 0 Å². The zero-order valence-electron chi connectivity index (χ0n) is 11.6. The first-order valence-corrected chi connectivity index (χ1v) is 7.20. The summed E-state index contributed by atoms with van der Waals surface area (Å²) in [5.41, 5.74) is 3.96. The van der Waals surface area contributed by atoms with E-state index in [4.69, 9.17) is 5.11 Å². The number of aliphatic hydroxyl groups excluding tert-OH is 1. The monoisotopic (exact) mass is 261 g/mol. The molecule has 3 heteroatoms. The van der Waals surface area contributed by atoms with Crippen LogP contribution in [0.5, 0.6) is 0 Å². The van der Waals surface area contributed by atoms with Gasteiger partial charge in [-0.3, -0.25) is 4.79 Å². The maximum absolute atomic E-state index is 11.9. The lowest BCUT2D eigenvalue weighted by Crippen LogP contribution is -2.33. The molecule has 1 aromatic rings. The molecule has 0 radical (unpaired) electrons. The van der Waals surface area contributed by atoms with Crippen LogP contribution in [-0.2, 0) is 24.1 Å². The Morgan fingerprint density at radius 1 is 1.37 bits per heavy atom. The second kappa shape index (κ2) is 6.71. The highest BCUT2D eigenvalue weighted by Crippen LogP contribution is 2.22. The van der Waals surface area contributed by atoms with Gasteiger partial charge in [-0.05, 0) is 55.7 Å². The first-order valence-electron chi connectivity index (χ1n) is 7.20. The van der Waals surface area contributed by atoms with Gasteiger partial charge in [0.15, 0.2) is 0 Å². The number of fused-ring (bicyclic) bond motifs is 1. The number of aryl methyl sites for hydroxylation is 2. The molecule has 0 spiro atoms. The van der Waals surface area contributed by atoms with Crippen LogP contribution >= 0.6 is 0 Å².